The monoisotopic (exact) mass is 404 g/mol. The molecule has 2 aromatic rings. The van der Waals surface area contributed by atoms with Gasteiger partial charge in [-0.2, -0.15) is 0 Å². The van der Waals surface area contributed by atoms with E-state index in [0.717, 1.165) is 36.2 Å². The zero-order valence-electron chi connectivity index (χ0n) is 16.8. The van der Waals surface area contributed by atoms with Crippen LogP contribution in [0, 0.1) is 29.4 Å². The van der Waals surface area contributed by atoms with Gasteiger partial charge in [0.25, 0.3) is 0 Å². The van der Waals surface area contributed by atoms with E-state index in [4.69, 9.17) is 11.6 Å². The van der Waals surface area contributed by atoms with Crippen molar-refractivity contribution in [1.82, 2.24) is 0 Å². The second kappa shape index (κ2) is 8.69. The Hall–Kier alpha value is -1.15. The Balaban J connectivity index is 1.49. The van der Waals surface area contributed by atoms with E-state index in [1.807, 2.05) is 6.07 Å². The van der Waals surface area contributed by atoms with Gasteiger partial charge < -0.3 is 0 Å². The summed E-state index contributed by atoms with van der Waals surface area (Å²) < 4.78 is 28.9. The van der Waals surface area contributed by atoms with Crippen molar-refractivity contribution in [3.63, 3.8) is 0 Å². The van der Waals surface area contributed by atoms with Gasteiger partial charge in [0.1, 0.15) is 5.82 Å². The second-order valence-corrected chi connectivity index (χ2v) is 9.51. The summed E-state index contributed by atoms with van der Waals surface area (Å²) in [5, 5.41) is 0.783. The van der Waals surface area contributed by atoms with E-state index in [-0.39, 0.29) is 10.4 Å². The van der Waals surface area contributed by atoms with Crippen LogP contribution in [0.2, 0.25) is 5.02 Å². The lowest BCUT2D eigenvalue weighted by molar-refractivity contribution is 0.113. The van der Waals surface area contributed by atoms with Gasteiger partial charge in [-0.3, -0.25) is 0 Å². The molecule has 28 heavy (non-hydrogen) atoms. The molecule has 2 aliphatic carbocycles. The lowest BCUT2D eigenvalue weighted by atomic mass is 9.63. The predicted molar refractivity (Wildman–Crippen MR) is 114 cm³/mol. The maximum Gasteiger partial charge on any atom is 0.152 e. The maximum atomic E-state index is 14.8. The highest BCUT2D eigenvalue weighted by atomic mass is 35.5. The van der Waals surface area contributed by atoms with Crippen molar-refractivity contribution in [2.75, 3.05) is 0 Å². The van der Waals surface area contributed by atoms with Gasteiger partial charge in [0.2, 0.25) is 0 Å². The van der Waals surface area contributed by atoms with E-state index >= 15 is 0 Å². The summed E-state index contributed by atoms with van der Waals surface area (Å²) in [4.78, 5) is 0. The fraction of sp³-hybridized carbons (Fsp3) is 0.600. The van der Waals surface area contributed by atoms with Crippen molar-refractivity contribution >= 4 is 22.4 Å². The molecule has 4 atom stereocenters. The smallest absolute Gasteiger partial charge is 0.152 e. The fourth-order valence-corrected chi connectivity index (χ4v) is 6.17. The molecular formula is C25H31ClF2. The molecule has 152 valence electrons. The van der Waals surface area contributed by atoms with E-state index in [1.54, 1.807) is 12.1 Å². The highest BCUT2D eigenvalue weighted by molar-refractivity contribution is 6.32. The third kappa shape index (κ3) is 3.95. The molecule has 0 spiro atoms. The van der Waals surface area contributed by atoms with E-state index in [0.29, 0.717) is 11.3 Å². The number of rotatable bonds is 5. The summed E-state index contributed by atoms with van der Waals surface area (Å²) in [6.45, 7) is 2.27. The summed E-state index contributed by atoms with van der Waals surface area (Å²) >= 11 is 6.41. The van der Waals surface area contributed by atoms with Crippen molar-refractivity contribution in [3.8, 4) is 0 Å². The molecule has 0 nitrogen and oxygen atoms in total. The Morgan fingerprint density at radius 2 is 1.79 bits per heavy atom. The summed E-state index contributed by atoms with van der Waals surface area (Å²) in [6.07, 6.45) is 12.9. The van der Waals surface area contributed by atoms with Crippen LogP contribution in [0.1, 0.15) is 82.6 Å². The van der Waals surface area contributed by atoms with E-state index in [2.05, 4.69) is 6.92 Å². The van der Waals surface area contributed by atoms with Gasteiger partial charge in [0.05, 0.1) is 10.4 Å². The quantitative estimate of drug-likeness (QED) is 0.437. The van der Waals surface area contributed by atoms with Gasteiger partial charge in [0.15, 0.2) is 5.82 Å². The lowest BCUT2D eigenvalue weighted by Crippen LogP contribution is -2.30. The van der Waals surface area contributed by atoms with Crippen LogP contribution < -0.4 is 0 Å². The summed E-state index contributed by atoms with van der Waals surface area (Å²) in [5.41, 5.74) is 0.890. The van der Waals surface area contributed by atoms with E-state index < -0.39 is 11.6 Å². The van der Waals surface area contributed by atoms with Crippen LogP contribution in [0.3, 0.4) is 0 Å². The van der Waals surface area contributed by atoms with Crippen LogP contribution in [-0.2, 0) is 0 Å². The van der Waals surface area contributed by atoms with Crippen molar-refractivity contribution in [2.45, 2.75) is 77.0 Å². The highest BCUT2D eigenvalue weighted by Crippen LogP contribution is 2.50. The van der Waals surface area contributed by atoms with Gasteiger partial charge in [0, 0.05) is 0 Å². The molecule has 2 saturated carbocycles. The number of fused-ring (bicyclic) bond motifs is 2. The van der Waals surface area contributed by atoms with Crippen LogP contribution in [0.15, 0.2) is 24.3 Å². The average molecular weight is 405 g/mol. The Labute approximate surface area is 172 Å². The molecule has 2 aliphatic rings. The van der Waals surface area contributed by atoms with Crippen molar-refractivity contribution in [2.24, 2.45) is 17.8 Å². The Bertz CT molecular complexity index is 831. The van der Waals surface area contributed by atoms with Gasteiger partial charge >= 0.3 is 0 Å². The predicted octanol–water partition coefficient (Wildman–Crippen LogP) is 8.65. The van der Waals surface area contributed by atoms with Crippen molar-refractivity contribution in [3.05, 3.63) is 46.5 Å². The Morgan fingerprint density at radius 1 is 1.00 bits per heavy atom. The number of unbranched alkanes of at least 4 members (excludes halogenated alkanes) is 2. The van der Waals surface area contributed by atoms with Crippen LogP contribution in [0.4, 0.5) is 8.78 Å². The molecule has 0 bridgehead atoms. The normalized spacial score (nSPS) is 27.7. The largest absolute Gasteiger partial charge is 0.206 e. The summed E-state index contributed by atoms with van der Waals surface area (Å²) in [7, 11) is 0. The Morgan fingerprint density at radius 3 is 2.61 bits per heavy atom. The first kappa shape index (κ1) is 20.1. The summed E-state index contributed by atoms with van der Waals surface area (Å²) in [6, 6.07) is 6.66. The SMILES string of the molecule is CCCCCC1CCC2CC(c3cc4cccc(F)c4c(F)c3Cl)CCC2C1. The minimum absolute atomic E-state index is 0.0255. The molecular weight excluding hydrogens is 374 g/mol. The molecule has 0 saturated heterocycles. The van der Waals surface area contributed by atoms with Gasteiger partial charge in [-0.05, 0) is 78.9 Å². The lowest BCUT2D eigenvalue weighted by Gasteiger charge is -2.42. The van der Waals surface area contributed by atoms with Crippen molar-refractivity contribution in [1.29, 1.82) is 0 Å². The first-order chi connectivity index (χ1) is 13.6. The molecule has 3 heteroatoms. The maximum absolute atomic E-state index is 14.8. The van der Waals surface area contributed by atoms with Gasteiger partial charge in [-0.25, -0.2) is 8.78 Å². The number of hydrogen-bond acceptors (Lipinski definition) is 0. The second-order valence-electron chi connectivity index (χ2n) is 9.14. The fourth-order valence-electron chi connectivity index (χ4n) is 5.87. The number of hydrogen-bond donors (Lipinski definition) is 0. The minimum Gasteiger partial charge on any atom is -0.206 e. The first-order valence-corrected chi connectivity index (χ1v) is 11.5. The first-order valence-electron chi connectivity index (χ1n) is 11.1. The molecule has 0 aromatic heterocycles. The van der Waals surface area contributed by atoms with Gasteiger partial charge in [-0.15, -0.1) is 0 Å². The molecule has 0 aliphatic heterocycles. The topological polar surface area (TPSA) is 0 Å². The van der Waals surface area contributed by atoms with Crippen LogP contribution in [0.5, 0.6) is 0 Å². The number of benzene rings is 2. The van der Waals surface area contributed by atoms with E-state index in [9.17, 15) is 8.78 Å². The Kier molecular flexibility index (Phi) is 6.25. The third-order valence-electron chi connectivity index (χ3n) is 7.40. The van der Waals surface area contributed by atoms with Gasteiger partial charge in [-0.1, -0.05) is 62.8 Å². The molecule has 4 rings (SSSR count). The van der Waals surface area contributed by atoms with Crippen LogP contribution >= 0.6 is 11.6 Å². The number of halogens is 3. The molecule has 2 aromatic carbocycles. The molecule has 0 radical (unpaired) electrons. The molecule has 0 heterocycles. The highest BCUT2D eigenvalue weighted by Gasteiger charge is 2.36. The molecule has 0 amide bonds. The van der Waals surface area contributed by atoms with Crippen LogP contribution in [0.25, 0.3) is 10.8 Å². The zero-order chi connectivity index (χ0) is 19.7. The average Bonchev–Trinajstić information content (AvgIpc) is 2.70. The molecule has 2 fully saturated rings. The standard InChI is InChI=1S/C25H31ClF2/c1-2-3-4-6-16-9-10-18-14-19(12-11-17(18)13-16)21-15-20-7-5-8-22(27)23(20)25(28)24(21)26/h5,7-8,15-19H,2-4,6,9-14H2,1H3. The minimum atomic E-state index is -0.589. The van der Waals surface area contributed by atoms with Crippen LogP contribution in [-0.4, -0.2) is 0 Å². The zero-order valence-corrected chi connectivity index (χ0v) is 17.6. The molecule has 0 N–H and O–H groups in total. The van der Waals surface area contributed by atoms with Crippen molar-refractivity contribution < 1.29 is 8.78 Å². The summed E-state index contributed by atoms with van der Waals surface area (Å²) in [5.74, 6) is 1.66. The molecule has 4 unspecified atom stereocenters. The van der Waals surface area contributed by atoms with E-state index in [1.165, 1.54) is 57.4 Å². The third-order valence-corrected chi connectivity index (χ3v) is 7.78.